The summed E-state index contributed by atoms with van der Waals surface area (Å²) < 4.78 is 9.62. The van der Waals surface area contributed by atoms with Gasteiger partial charge in [-0.25, -0.2) is 4.79 Å². The molecular weight excluding hydrogens is 310 g/mol. The van der Waals surface area contributed by atoms with Gasteiger partial charge in [0, 0.05) is 31.7 Å². The third-order valence-corrected chi connectivity index (χ3v) is 3.18. The van der Waals surface area contributed by atoms with E-state index in [-0.39, 0.29) is 5.91 Å². The second-order valence-electron chi connectivity index (χ2n) is 4.91. The van der Waals surface area contributed by atoms with Crippen molar-refractivity contribution in [3.63, 3.8) is 0 Å². The van der Waals surface area contributed by atoms with Gasteiger partial charge >= 0.3 is 5.97 Å². The number of nitrogens with one attached hydrogen (secondary N) is 2. The number of esters is 1. The Morgan fingerprint density at radius 3 is 2.62 bits per heavy atom. The topological polar surface area (TPSA) is 89.5 Å². The first kappa shape index (κ1) is 17.4. The molecule has 24 heavy (non-hydrogen) atoms. The van der Waals surface area contributed by atoms with Crippen molar-refractivity contribution in [2.45, 2.75) is 0 Å². The molecule has 0 saturated carbocycles. The summed E-state index contributed by atoms with van der Waals surface area (Å²) in [6.45, 7) is 1.17. The molecule has 0 radical (unpaired) electrons. The molecule has 2 N–H and O–H groups in total. The van der Waals surface area contributed by atoms with Gasteiger partial charge in [0.1, 0.15) is 0 Å². The zero-order valence-corrected chi connectivity index (χ0v) is 13.5. The number of hydrogen-bond acceptors (Lipinski definition) is 6. The first-order valence-electron chi connectivity index (χ1n) is 7.31. The van der Waals surface area contributed by atoms with Crippen LogP contribution in [-0.4, -0.2) is 44.2 Å². The summed E-state index contributed by atoms with van der Waals surface area (Å²) in [5.74, 6) is -0.781. The van der Waals surface area contributed by atoms with E-state index in [0.717, 1.165) is 5.69 Å². The molecule has 0 atom stereocenters. The fraction of sp³-hybridized carbons (Fsp3) is 0.235. The zero-order valence-electron chi connectivity index (χ0n) is 13.5. The average Bonchev–Trinajstić information content (AvgIpc) is 2.61. The van der Waals surface area contributed by atoms with Gasteiger partial charge in [-0.2, -0.15) is 0 Å². The maximum absolute atomic E-state index is 12.3. The van der Waals surface area contributed by atoms with E-state index in [2.05, 4.69) is 20.4 Å². The first-order chi connectivity index (χ1) is 11.6. The van der Waals surface area contributed by atoms with Gasteiger partial charge in [0.05, 0.1) is 30.5 Å². The second kappa shape index (κ2) is 8.64. The summed E-state index contributed by atoms with van der Waals surface area (Å²) in [5.41, 5.74) is 1.99. The lowest BCUT2D eigenvalue weighted by Crippen LogP contribution is -2.14. The van der Waals surface area contributed by atoms with E-state index in [1.54, 1.807) is 43.6 Å². The van der Waals surface area contributed by atoms with Gasteiger partial charge < -0.3 is 20.1 Å². The minimum atomic E-state index is -0.461. The second-order valence-corrected chi connectivity index (χ2v) is 4.91. The number of hydrogen-bond donors (Lipinski definition) is 2. The minimum absolute atomic E-state index is 0.320. The van der Waals surface area contributed by atoms with Crippen LogP contribution in [0.2, 0.25) is 0 Å². The van der Waals surface area contributed by atoms with Crippen molar-refractivity contribution in [3.8, 4) is 0 Å². The fourth-order valence-corrected chi connectivity index (χ4v) is 2.00. The van der Waals surface area contributed by atoms with Gasteiger partial charge in [-0.1, -0.05) is 6.07 Å². The van der Waals surface area contributed by atoms with Gasteiger partial charge in [0.2, 0.25) is 0 Å². The molecule has 7 heteroatoms. The van der Waals surface area contributed by atoms with Crippen LogP contribution in [0.4, 0.5) is 11.4 Å². The maximum Gasteiger partial charge on any atom is 0.337 e. The molecule has 7 nitrogen and oxygen atoms in total. The number of rotatable bonds is 7. The summed E-state index contributed by atoms with van der Waals surface area (Å²) >= 11 is 0. The van der Waals surface area contributed by atoms with Crippen LogP contribution in [0.25, 0.3) is 0 Å². The Labute approximate surface area is 140 Å². The maximum atomic E-state index is 12.3. The van der Waals surface area contributed by atoms with Gasteiger partial charge in [-0.3, -0.25) is 9.78 Å². The predicted molar refractivity (Wildman–Crippen MR) is 90.3 cm³/mol. The number of ether oxygens (including phenoxy) is 2. The number of pyridine rings is 1. The lowest BCUT2D eigenvalue weighted by atomic mass is 10.2. The molecule has 1 amide bonds. The smallest absolute Gasteiger partial charge is 0.337 e. The molecule has 0 unspecified atom stereocenters. The van der Waals surface area contributed by atoms with Crippen LogP contribution in [0.3, 0.4) is 0 Å². The largest absolute Gasteiger partial charge is 0.465 e. The van der Waals surface area contributed by atoms with Crippen LogP contribution in [0.15, 0.2) is 42.7 Å². The van der Waals surface area contributed by atoms with Crippen molar-refractivity contribution in [3.05, 3.63) is 53.9 Å². The number of nitrogens with zero attached hydrogens (tertiary/aromatic N) is 1. The van der Waals surface area contributed by atoms with E-state index in [1.165, 1.54) is 13.3 Å². The van der Waals surface area contributed by atoms with Crippen molar-refractivity contribution >= 4 is 23.3 Å². The Hall–Kier alpha value is -2.93. The van der Waals surface area contributed by atoms with E-state index in [0.29, 0.717) is 30.0 Å². The summed E-state index contributed by atoms with van der Waals surface area (Å²) in [6, 6.07) is 8.23. The van der Waals surface area contributed by atoms with Crippen LogP contribution in [0.5, 0.6) is 0 Å². The van der Waals surface area contributed by atoms with Crippen LogP contribution >= 0.6 is 0 Å². The summed E-state index contributed by atoms with van der Waals surface area (Å²) in [4.78, 5) is 27.9. The fourth-order valence-electron chi connectivity index (χ4n) is 2.00. The number of amides is 1. The average molecular weight is 329 g/mol. The Bertz CT molecular complexity index is 718. The first-order valence-corrected chi connectivity index (χ1v) is 7.31. The van der Waals surface area contributed by atoms with Crippen molar-refractivity contribution < 1.29 is 19.1 Å². The van der Waals surface area contributed by atoms with E-state index >= 15 is 0 Å². The highest BCUT2D eigenvalue weighted by atomic mass is 16.5. The van der Waals surface area contributed by atoms with E-state index in [9.17, 15) is 9.59 Å². The van der Waals surface area contributed by atoms with Crippen LogP contribution < -0.4 is 10.6 Å². The van der Waals surface area contributed by atoms with Crippen LogP contribution in [0, 0.1) is 0 Å². The number of carbonyl (C=O) groups is 2. The molecule has 1 aromatic carbocycles. The molecule has 2 rings (SSSR count). The van der Waals surface area contributed by atoms with Crippen LogP contribution in [-0.2, 0) is 9.47 Å². The summed E-state index contributed by atoms with van der Waals surface area (Å²) in [6.07, 6.45) is 3.10. The summed E-state index contributed by atoms with van der Waals surface area (Å²) in [5, 5.41) is 5.84. The van der Waals surface area contributed by atoms with E-state index < -0.39 is 5.97 Å². The highest BCUT2D eigenvalue weighted by molar-refractivity contribution is 6.05. The molecule has 1 heterocycles. The minimum Gasteiger partial charge on any atom is -0.465 e. The Balaban J connectivity index is 2.07. The lowest BCUT2D eigenvalue weighted by molar-refractivity contribution is 0.0600. The molecule has 126 valence electrons. The lowest BCUT2D eigenvalue weighted by Gasteiger charge is -2.09. The van der Waals surface area contributed by atoms with Crippen molar-refractivity contribution in [2.24, 2.45) is 0 Å². The van der Waals surface area contributed by atoms with Crippen molar-refractivity contribution in [2.75, 3.05) is 38.0 Å². The molecular formula is C17H19N3O4. The molecule has 0 spiro atoms. The number of carbonyl (C=O) groups excluding carboxylic acids is 2. The number of anilines is 2. The Morgan fingerprint density at radius 1 is 1.08 bits per heavy atom. The van der Waals surface area contributed by atoms with Crippen LogP contribution in [0.1, 0.15) is 20.7 Å². The van der Waals surface area contributed by atoms with Gasteiger partial charge in [0.15, 0.2) is 0 Å². The molecule has 1 aromatic heterocycles. The Morgan fingerprint density at radius 2 is 1.88 bits per heavy atom. The quantitative estimate of drug-likeness (QED) is 0.598. The molecule has 0 fully saturated rings. The zero-order chi connectivity index (χ0) is 17.4. The van der Waals surface area contributed by atoms with Gasteiger partial charge in [-0.05, 0) is 24.3 Å². The SMILES string of the molecule is COCCNc1cncc(C(=O)Nc2cccc(C(=O)OC)c2)c1. The number of methoxy groups -OCH3 is 2. The summed E-state index contributed by atoms with van der Waals surface area (Å²) in [7, 11) is 2.92. The number of aromatic nitrogens is 1. The molecule has 0 aliphatic heterocycles. The normalized spacial score (nSPS) is 10.1. The third kappa shape index (κ3) is 4.79. The van der Waals surface area contributed by atoms with Gasteiger partial charge in [-0.15, -0.1) is 0 Å². The molecule has 0 saturated heterocycles. The standard InChI is InChI=1S/C17H19N3O4/c1-23-7-6-19-15-9-13(10-18-11-15)16(21)20-14-5-3-4-12(8-14)17(22)24-2/h3-5,8-11,19H,6-7H2,1-2H3,(H,20,21). The molecule has 0 bridgehead atoms. The predicted octanol–water partition coefficient (Wildman–Crippen LogP) is 2.18. The highest BCUT2D eigenvalue weighted by Gasteiger charge is 2.10. The van der Waals surface area contributed by atoms with Crippen molar-refractivity contribution in [1.82, 2.24) is 4.98 Å². The Kier molecular flexibility index (Phi) is 6.27. The third-order valence-electron chi connectivity index (χ3n) is 3.18. The monoisotopic (exact) mass is 329 g/mol. The molecule has 0 aliphatic carbocycles. The van der Waals surface area contributed by atoms with Gasteiger partial charge in [0.25, 0.3) is 5.91 Å². The highest BCUT2D eigenvalue weighted by Crippen LogP contribution is 2.14. The number of benzene rings is 1. The van der Waals surface area contributed by atoms with E-state index in [1.807, 2.05) is 0 Å². The molecule has 2 aromatic rings. The van der Waals surface area contributed by atoms with Crippen molar-refractivity contribution in [1.29, 1.82) is 0 Å². The van der Waals surface area contributed by atoms with E-state index in [4.69, 9.17) is 4.74 Å². The molecule has 0 aliphatic rings.